The number of methoxy groups -OCH3 is 1. The summed E-state index contributed by atoms with van der Waals surface area (Å²) in [6.45, 7) is 0. The molecular formula is C16H11ClO3S. The molecule has 1 aliphatic rings. The second kappa shape index (κ2) is 5.39. The molecule has 0 spiro atoms. The monoisotopic (exact) mass is 318 g/mol. The van der Waals surface area contributed by atoms with E-state index in [1.807, 2.05) is 29.7 Å². The Balaban J connectivity index is 2.36. The summed E-state index contributed by atoms with van der Waals surface area (Å²) in [5.41, 5.74) is 3.19. The normalized spacial score (nSPS) is 15.0. The Morgan fingerprint density at radius 3 is 2.86 bits per heavy atom. The summed E-state index contributed by atoms with van der Waals surface area (Å²) in [5.74, 6) is -0.277. The Kier molecular flexibility index (Phi) is 3.57. The van der Waals surface area contributed by atoms with Crippen LogP contribution in [0.3, 0.4) is 0 Å². The first kappa shape index (κ1) is 13.9. The summed E-state index contributed by atoms with van der Waals surface area (Å²) in [4.78, 5) is 12.1. The molecule has 1 aromatic heterocycles. The van der Waals surface area contributed by atoms with Gasteiger partial charge in [0.1, 0.15) is 5.76 Å². The third kappa shape index (κ3) is 2.48. The van der Waals surface area contributed by atoms with E-state index in [9.17, 15) is 9.90 Å². The lowest BCUT2D eigenvalue weighted by molar-refractivity contribution is -0.131. The first-order valence-electron chi connectivity index (χ1n) is 6.18. The number of fused-ring (bicyclic) bond motifs is 2. The minimum Gasteiger partial charge on any atom is -0.495 e. The van der Waals surface area contributed by atoms with Gasteiger partial charge in [0.05, 0.1) is 12.0 Å². The zero-order valence-electron chi connectivity index (χ0n) is 11.1. The van der Waals surface area contributed by atoms with Gasteiger partial charge >= 0.3 is 5.97 Å². The van der Waals surface area contributed by atoms with Crippen molar-refractivity contribution in [2.45, 2.75) is 0 Å². The second-order valence-electron chi connectivity index (χ2n) is 4.50. The van der Waals surface area contributed by atoms with E-state index in [0.717, 1.165) is 21.6 Å². The van der Waals surface area contributed by atoms with Crippen molar-refractivity contribution in [2.75, 3.05) is 7.11 Å². The molecule has 1 heterocycles. The van der Waals surface area contributed by atoms with Gasteiger partial charge in [-0.1, -0.05) is 17.7 Å². The Labute approximate surface area is 130 Å². The highest BCUT2D eigenvalue weighted by Crippen LogP contribution is 2.40. The number of hydrogen-bond donors (Lipinski definition) is 1. The number of halogens is 1. The van der Waals surface area contributed by atoms with Crippen LogP contribution in [0, 0.1) is 0 Å². The number of carbonyl (C=O) groups is 1. The van der Waals surface area contributed by atoms with Gasteiger partial charge in [-0.3, -0.25) is 0 Å². The molecule has 0 radical (unpaired) electrons. The first-order chi connectivity index (χ1) is 10.1. The van der Waals surface area contributed by atoms with Crippen molar-refractivity contribution in [3.05, 3.63) is 62.3 Å². The summed E-state index contributed by atoms with van der Waals surface area (Å²) < 4.78 is 5.46. The number of aliphatic carboxylic acids is 1. The topological polar surface area (TPSA) is 46.5 Å². The molecule has 1 aromatic carbocycles. The number of ether oxygens (including phenoxy) is 1. The Bertz CT molecular complexity index is 787. The molecule has 0 saturated carbocycles. The summed E-state index contributed by atoms with van der Waals surface area (Å²) in [5, 5.41) is 11.7. The van der Waals surface area contributed by atoms with E-state index in [-0.39, 0.29) is 0 Å². The van der Waals surface area contributed by atoms with E-state index in [1.54, 1.807) is 13.2 Å². The van der Waals surface area contributed by atoms with Crippen LogP contribution in [-0.2, 0) is 9.53 Å². The van der Waals surface area contributed by atoms with Crippen molar-refractivity contribution < 1.29 is 14.6 Å². The van der Waals surface area contributed by atoms with Crippen molar-refractivity contribution >= 4 is 46.3 Å². The van der Waals surface area contributed by atoms with Crippen molar-refractivity contribution in [1.82, 2.24) is 0 Å². The van der Waals surface area contributed by atoms with Crippen LogP contribution >= 0.6 is 22.9 Å². The smallest absolute Gasteiger partial charge is 0.328 e. The zero-order chi connectivity index (χ0) is 15.0. The number of carboxylic acid groups (broad SMARTS) is 1. The largest absolute Gasteiger partial charge is 0.495 e. The van der Waals surface area contributed by atoms with E-state index < -0.39 is 5.97 Å². The number of carboxylic acids is 1. The molecule has 0 aliphatic heterocycles. The fraction of sp³-hybridized carbons (Fsp3) is 0.0625. The molecule has 0 fully saturated rings. The van der Waals surface area contributed by atoms with Crippen LogP contribution < -0.4 is 0 Å². The van der Waals surface area contributed by atoms with Gasteiger partial charge in [0.2, 0.25) is 0 Å². The fourth-order valence-corrected chi connectivity index (χ4v) is 3.48. The van der Waals surface area contributed by atoms with Crippen LogP contribution in [0.2, 0.25) is 5.02 Å². The van der Waals surface area contributed by atoms with Gasteiger partial charge in [0, 0.05) is 16.7 Å². The lowest BCUT2D eigenvalue weighted by atomic mass is 9.96. The van der Waals surface area contributed by atoms with Crippen molar-refractivity contribution in [2.24, 2.45) is 0 Å². The van der Waals surface area contributed by atoms with Gasteiger partial charge in [0.15, 0.2) is 0 Å². The zero-order valence-corrected chi connectivity index (χ0v) is 12.7. The predicted molar refractivity (Wildman–Crippen MR) is 85.4 cm³/mol. The van der Waals surface area contributed by atoms with Crippen LogP contribution in [0.4, 0.5) is 0 Å². The highest BCUT2D eigenvalue weighted by molar-refractivity contribution is 7.11. The lowest BCUT2D eigenvalue weighted by Crippen LogP contribution is -1.96. The van der Waals surface area contributed by atoms with E-state index in [1.165, 1.54) is 17.4 Å². The van der Waals surface area contributed by atoms with E-state index >= 15 is 0 Å². The molecule has 21 heavy (non-hydrogen) atoms. The number of thiophene rings is 1. The van der Waals surface area contributed by atoms with Gasteiger partial charge in [-0.15, -0.1) is 11.3 Å². The van der Waals surface area contributed by atoms with E-state index in [0.29, 0.717) is 16.4 Å². The molecule has 0 atom stereocenters. The van der Waals surface area contributed by atoms with Gasteiger partial charge < -0.3 is 9.84 Å². The lowest BCUT2D eigenvalue weighted by Gasteiger charge is -2.08. The average Bonchev–Trinajstić information content (AvgIpc) is 2.87. The first-order valence-corrected chi connectivity index (χ1v) is 7.44. The molecule has 2 aromatic rings. The quantitative estimate of drug-likeness (QED) is 0.836. The van der Waals surface area contributed by atoms with E-state index in [2.05, 4.69) is 0 Å². The highest BCUT2D eigenvalue weighted by atomic mass is 35.5. The minimum atomic E-state index is -0.982. The molecule has 0 unspecified atom stereocenters. The number of rotatable bonds is 2. The van der Waals surface area contributed by atoms with Crippen molar-refractivity contribution in [3.63, 3.8) is 0 Å². The average molecular weight is 319 g/mol. The summed E-state index contributed by atoms with van der Waals surface area (Å²) in [7, 11) is 1.60. The molecular weight excluding hydrogens is 308 g/mol. The van der Waals surface area contributed by atoms with Crippen LogP contribution in [-0.4, -0.2) is 18.2 Å². The third-order valence-corrected chi connectivity index (χ3v) is 4.42. The van der Waals surface area contributed by atoms with Crippen LogP contribution in [0.1, 0.15) is 21.6 Å². The van der Waals surface area contributed by atoms with Gasteiger partial charge in [-0.2, -0.15) is 0 Å². The van der Waals surface area contributed by atoms with Crippen LogP contribution in [0.5, 0.6) is 0 Å². The van der Waals surface area contributed by atoms with Crippen LogP contribution in [0.25, 0.3) is 17.4 Å². The second-order valence-corrected chi connectivity index (χ2v) is 5.86. The third-order valence-electron chi connectivity index (χ3n) is 3.26. The van der Waals surface area contributed by atoms with Crippen molar-refractivity contribution in [1.29, 1.82) is 0 Å². The fourth-order valence-electron chi connectivity index (χ4n) is 2.39. The minimum absolute atomic E-state index is 0.598. The molecule has 0 bridgehead atoms. The van der Waals surface area contributed by atoms with Crippen molar-refractivity contribution in [3.8, 4) is 0 Å². The maximum Gasteiger partial charge on any atom is 0.328 e. The van der Waals surface area contributed by atoms with Gasteiger partial charge in [-0.05, 0) is 46.4 Å². The molecule has 0 saturated heterocycles. The maximum absolute atomic E-state index is 11.2. The highest BCUT2D eigenvalue weighted by Gasteiger charge is 2.22. The summed E-state index contributed by atoms with van der Waals surface area (Å²) in [6.07, 6.45) is 3.12. The Morgan fingerprint density at radius 2 is 2.14 bits per heavy atom. The molecule has 0 amide bonds. The molecule has 1 N–H and O–H groups in total. The standard InChI is InChI=1S/C16H11ClO3S/c1-20-14-7-9-6-10(17)2-3-11(9)13(8-15(18)19)12-4-5-21-16(12)14/h2-8H,1H3,(H,18,19)/b13-8-. The SMILES string of the molecule is COC1=Cc2cc(Cl)ccc2/C(=C/C(=O)O)c2ccsc21. The number of benzene rings is 1. The molecule has 5 heteroatoms. The molecule has 1 aliphatic carbocycles. The molecule has 3 rings (SSSR count). The van der Waals surface area contributed by atoms with Gasteiger partial charge in [-0.25, -0.2) is 4.79 Å². The number of hydrogen-bond acceptors (Lipinski definition) is 3. The maximum atomic E-state index is 11.2. The van der Waals surface area contributed by atoms with Crippen LogP contribution in [0.15, 0.2) is 35.7 Å². The Hall–Kier alpha value is -2.04. The summed E-state index contributed by atoms with van der Waals surface area (Å²) >= 11 is 7.57. The van der Waals surface area contributed by atoms with Gasteiger partial charge in [0.25, 0.3) is 0 Å². The summed E-state index contributed by atoms with van der Waals surface area (Å²) in [6, 6.07) is 7.31. The molecule has 3 nitrogen and oxygen atoms in total. The predicted octanol–water partition coefficient (Wildman–Crippen LogP) is 4.38. The molecule has 106 valence electrons. The Morgan fingerprint density at radius 1 is 1.33 bits per heavy atom. The van der Waals surface area contributed by atoms with E-state index in [4.69, 9.17) is 16.3 Å².